The number of hydrogen-bond donors (Lipinski definition) is 1. The number of aryl methyl sites for hydroxylation is 1. The third-order valence-corrected chi connectivity index (χ3v) is 3.13. The molecule has 18 heavy (non-hydrogen) atoms. The molecule has 1 rings (SSSR count). The summed E-state index contributed by atoms with van der Waals surface area (Å²) in [5.41, 5.74) is 1.71. The van der Waals surface area contributed by atoms with Gasteiger partial charge in [-0.2, -0.15) is 0 Å². The van der Waals surface area contributed by atoms with E-state index < -0.39 is 0 Å². The van der Waals surface area contributed by atoms with E-state index in [0.29, 0.717) is 5.41 Å². The predicted molar refractivity (Wildman–Crippen MR) is 76.7 cm³/mol. The van der Waals surface area contributed by atoms with Gasteiger partial charge in [0.15, 0.2) is 0 Å². The topological polar surface area (TPSA) is 28.4 Å². The van der Waals surface area contributed by atoms with E-state index in [1.807, 2.05) is 6.92 Å². The first kappa shape index (κ1) is 15.3. The van der Waals surface area contributed by atoms with E-state index in [0.717, 1.165) is 31.9 Å². The number of hydrogen-bond acceptors (Lipinski definition) is 3. The summed E-state index contributed by atoms with van der Waals surface area (Å²) in [7, 11) is 2.15. The van der Waals surface area contributed by atoms with Gasteiger partial charge in [-0.1, -0.05) is 20.8 Å². The van der Waals surface area contributed by atoms with Crippen LogP contribution in [0.3, 0.4) is 0 Å². The molecule has 0 radical (unpaired) electrons. The lowest BCUT2D eigenvalue weighted by Crippen LogP contribution is -2.30. The van der Waals surface area contributed by atoms with E-state index in [1.165, 1.54) is 12.0 Å². The van der Waals surface area contributed by atoms with Crippen LogP contribution < -0.4 is 5.32 Å². The van der Waals surface area contributed by atoms with Crippen molar-refractivity contribution in [3.8, 4) is 0 Å². The Morgan fingerprint density at radius 1 is 1.28 bits per heavy atom. The third-order valence-electron chi connectivity index (χ3n) is 3.13. The van der Waals surface area contributed by atoms with Gasteiger partial charge in [0.1, 0.15) is 5.76 Å². The van der Waals surface area contributed by atoms with Crippen LogP contribution in [0.1, 0.15) is 38.5 Å². The number of rotatable bonds is 7. The minimum absolute atomic E-state index is 0.423. The monoisotopic (exact) mass is 252 g/mol. The van der Waals surface area contributed by atoms with E-state index in [1.54, 1.807) is 6.26 Å². The second-order valence-corrected chi connectivity index (χ2v) is 6.30. The summed E-state index contributed by atoms with van der Waals surface area (Å²) < 4.78 is 5.30. The minimum atomic E-state index is 0.423. The van der Waals surface area contributed by atoms with Gasteiger partial charge in [0.25, 0.3) is 0 Å². The van der Waals surface area contributed by atoms with Crippen molar-refractivity contribution in [2.24, 2.45) is 5.41 Å². The molecule has 1 heterocycles. The molecule has 1 aromatic heterocycles. The van der Waals surface area contributed by atoms with Crippen LogP contribution in [0.4, 0.5) is 0 Å². The van der Waals surface area contributed by atoms with Crippen molar-refractivity contribution in [3.63, 3.8) is 0 Å². The maximum absolute atomic E-state index is 5.30. The smallest absolute Gasteiger partial charge is 0.105 e. The fraction of sp³-hybridized carbons (Fsp3) is 0.733. The third kappa shape index (κ3) is 6.22. The molecular weight excluding hydrogens is 224 g/mol. The van der Waals surface area contributed by atoms with Crippen LogP contribution in [-0.4, -0.2) is 31.6 Å². The van der Waals surface area contributed by atoms with Crippen molar-refractivity contribution in [1.29, 1.82) is 0 Å². The molecule has 0 saturated carbocycles. The molecule has 0 fully saturated rings. The van der Waals surface area contributed by atoms with Crippen LogP contribution in [-0.2, 0) is 6.54 Å². The van der Waals surface area contributed by atoms with E-state index in [4.69, 9.17) is 4.42 Å². The van der Waals surface area contributed by atoms with Crippen LogP contribution in [0.2, 0.25) is 0 Å². The Morgan fingerprint density at radius 2 is 2.00 bits per heavy atom. The van der Waals surface area contributed by atoms with Gasteiger partial charge in [-0.25, -0.2) is 0 Å². The van der Waals surface area contributed by atoms with Gasteiger partial charge in [-0.05, 0) is 38.4 Å². The molecule has 0 saturated heterocycles. The molecule has 0 aliphatic heterocycles. The summed E-state index contributed by atoms with van der Waals surface area (Å²) >= 11 is 0. The van der Waals surface area contributed by atoms with E-state index in [9.17, 15) is 0 Å². The molecule has 1 N–H and O–H groups in total. The van der Waals surface area contributed by atoms with Crippen LogP contribution in [0.15, 0.2) is 16.7 Å². The fourth-order valence-electron chi connectivity index (χ4n) is 1.80. The highest BCUT2D eigenvalue weighted by Gasteiger charge is 2.09. The zero-order valence-corrected chi connectivity index (χ0v) is 12.5. The highest BCUT2D eigenvalue weighted by atomic mass is 16.3. The Kier molecular flexibility index (Phi) is 5.89. The van der Waals surface area contributed by atoms with Crippen molar-refractivity contribution in [1.82, 2.24) is 10.2 Å². The zero-order valence-electron chi connectivity index (χ0n) is 12.5. The van der Waals surface area contributed by atoms with Gasteiger partial charge in [0, 0.05) is 25.2 Å². The summed E-state index contributed by atoms with van der Waals surface area (Å²) in [5, 5.41) is 3.50. The highest BCUT2D eigenvalue weighted by Crippen LogP contribution is 2.16. The molecule has 0 aliphatic carbocycles. The Labute approximate surface area is 112 Å². The van der Waals surface area contributed by atoms with Gasteiger partial charge >= 0.3 is 0 Å². The summed E-state index contributed by atoms with van der Waals surface area (Å²) in [4.78, 5) is 2.32. The zero-order chi connectivity index (χ0) is 13.6. The molecule has 104 valence electrons. The van der Waals surface area contributed by atoms with Crippen molar-refractivity contribution >= 4 is 0 Å². The Balaban J connectivity index is 2.11. The van der Waals surface area contributed by atoms with Gasteiger partial charge in [0.2, 0.25) is 0 Å². The Morgan fingerprint density at radius 3 is 2.56 bits per heavy atom. The number of nitrogens with one attached hydrogen (secondary N) is 1. The average Bonchev–Trinajstić information content (AvgIpc) is 2.62. The van der Waals surface area contributed by atoms with Crippen LogP contribution in [0.5, 0.6) is 0 Å². The van der Waals surface area contributed by atoms with Crippen molar-refractivity contribution in [2.75, 3.05) is 26.7 Å². The highest BCUT2D eigenvalue weighted by molar-refractivity contribution is 5.14. The lowest BCUT2D eigenvalue weighted by molar-refractivity contribution is 0.312. The SMILES string of the molecule is Cc1occc1CN(C)CCNCCC(C)(C)C. The van der Waals surface area contributed by atoms with E-state index >= 15 is 0 Å². The van der Waals surface area contributed by atoms with Crippen LogP contribution in [0, 0.1) is 12.3 Å². The van der Waals surface area contributed by atoms with Gasteiger partial charge in [-0.3, -0.25) is 0 Å². The average molecular weight is 252 g/mol. The van der Waals surface area contributed by atoms with Crippen molar-refractivity contribution in [2.45, 2.75) is 40.7 Å². The Bertz CT molecular complexity index is 339. The number of nitrogens with zero attached hydrogens (tertiary/aromatic N) is 1. The second-order valence-electron chi connectivity index (χ2n) is 6.30. The van der Waals surface area contributed by atoms with Gasteiger partial charge < -0.3 is 14.6 Å². The number of furan rings is 1. The summed E-state index contributed by atoms with van der Waals surface area (Å²) in [6, 6.07) is 2.05. The first-order valence-electron chi connectivity index (χ1n) is 6.81. The number of likely N-dealkylation sites (N-methyl/N-ethyl adjacent to an activating group) is 1. The van der Waals surface area contributed by atoms with Gasteiger partial charge in [-0.15, -0.1) is 0 Å². The molecule has 0 aromatic carbocycles. The molecule has 0 aliphatic rings. The maximum atomic E-state index is 5.30. The first-order chi connectivity index (χ1) is 8.38. The molecule has 1 aromatic rings. The van der Waals surface area contributed by atoms with E-state index in [-0.39, 0.29) is 0 Å². The van der Waals surface area contributed by atoms with Crippen molar-refractivity contribution in [3.05, 3.63) is 23.7 Å². The maximum Gasteiger partial charge on any atom is 0.105 e. The van der Waals surface area contributed by atoms with Crippen LogP contribution >= 0.6 is 0 Å². The van der Waals surface area contributed by atoms with Gasteiger partial charge in [0.05, 0.1) is 6.26 Å². The molecule has 3 nitrogen and oxygen atoms in total. The standard InChI is InChI=1S/C15H28N2O/c1-13-14(6-11-18-13)12-17(5)10-9-16-8-7-15(2,3)4/h6,11,16H,7-10,12H2,1-5H3. The normalized spacial score (nSPS) is 12.3. The predicted octanol–water partition coefficient (Wildman–Crippen LogP) is 3.05. The quantitative estimate of drug-likeness (QED) is 0.756. The Hall–Kier alpha value is -0.800. The van der Waals surface area contributed by atoms with Crippen LogP contribution in [0.25, 0.3) is 0 Å². The largest absolute Gasteiger partial charge is 0.469 e. The van der Waals surface area contributed by atoms with Crippen molar-refractivity contribution < 1.29 is 4.42 Å². The molecular formula is C15H28N2O. The molecule has 0 spiro atoms. The molecule has 0 atom stereocenters. The lowest BCUT2D eigenvalue weighted by Gasteiger charge is -2.20. The minimum Gasteiger partial charge on any atom is -0.469 e. The fourth-order valence-corrected chi connectivity index (χ4v) is 1.80. The molecule has 3 heteroatoms. The first-order valence-corrected chi connectivity index (χ1v) is 6.81. The molecule has 0 unspecified atom stereocenters. The summed E-state index contributed by atoms with van der Waals surface area (Å²) in [5.74, 6) is 1.03. The molecule has 0 amide bonds. The second kappa shape index (κ2) is 6.95. The lowest BCUT2D eigenvalue weighted by atomic mass is 9.92. The summed E-state index contributed by atoms with van der Waals surface area (Å²) in [6.07, 6.45) is 2.98. The summed E-state index contributed by atoms with van der Waals surface area (Å²) in [6.45, 7) is 13.0. The molecule has 0 bridgehead atoms. The van der Waals surface area contributed by atoms with E-state index in [2.05, 4.69) is 44.1 Å².